The summed E-state index contributed by atoms with van der Waals surface area (Å²) in [5.41, 5.74) is 0.165. The molecule has 3 amide bonds. The number of urea groups is 1. The third-order valence-corrected chi connectivity index (χ3v) is 6.99. The summed E-state index contributed by atoms with van der Waals surface area (Å²) in [5.74, 6) is -1.19. The second kappa shape index (κ2) is 6.84. The SMILES string of the molecule is O=C1N[C@@H]2CCN(S(=O)(=O)c3ccc(Cl)cc3)[C@@H]2C(=O)N1c1ccc(F)cc1. The van der Waals surface area contributed by atoms with Gasteiger partial charge in [0.25, 0.3) is 5.91 Å². The molecule has 0 spiro atoms. The molecule has 2 atom stereocenters. The van der Waals surface area contributed by atoms with Crippen molar-refractivity contribution in [3.8, 4) is 0 Å². The first-order valence-corrected chi connectivity index (χ1v) is 10.3. The van der Waals surface area contributed by atoms with Gasteiger partial charge in [-0.2, -0.15) is 4.31 Å². The summed E-state index contributed by atoms with van der Waals surface area (Å²) in [7, 11) is -3.97. The number of amides is 3. The lowest BCUT2D eigenvalue weighted by molar-refractivity contribution is -0.122. The molecule has 0 radical (unpaired) electrons. The summed E-state index contributed by atoms with van der Waals surface area (Å²) < 4.78 is 40.4. The van der Waals surface area contributed by atoms with Gasteiger partial charge in [-0.15, -0.1) is 0 Å². The van der Waals surface area contributed by atoms with Crippen LogP contribution in [0.4, 0.5) is 14.9 Å². The van der Waals surface area contributed by atoms with Gasteiger partial charge in [0.2, 0.25) is 10.0 Å². The van der Waals surface area contributed by atoms with Crippen LogP contribution >= 0.6 is 11.6 Å². The fourth-order valence-electron chi connectivity index (χ4n) is 3.51. The molecule has 2 fully saturated rings. The summed E-state index contributed by atoms with van der Waals surface area (Å²) in [6, 6.07) is 8.11. The quantitative estimate of drug-likeness (QED) is 0.821. The largest absolute Gasteiger partial charge is 0.332 e. The van der Waals surface area contributed by atoms with Crippen LogP contribution < -0.4 is 10.2 Å². The molecule has 0 bridgehead atoms. The van der Waals surface area contributed by atoms with Crippen LogP contribution in [0.15, 0.2) is 53.4 Å². The topological polar surface area (TPSA) is 86.8 Å². The maximum absolute atomic E-state index is 13.2. The van der Waals surface area contributed by atoms with E-state index >= 15 is 0 Å². The fourth-order valence-corrected chi connectivity index (χ4v) is 5.27. The molecule has 2 aromatic carbocycles. The number of carbonyl (C=O) groups is 2. The van der Waals surface area contributed by atoms with Gasteiger partial charge >= 0.3 is 6.03 Å². The normalized spacial score (nSPS) is 22.9. The van der Waals surface area contributed by atoms with Crippen LogP contribution in [0, 0.1) is 5.82 Å². The second-order valence-electron chi connectivity index (χ2n) is 6.51. The Morgan fingerprint density at radius 3 is 2.32 bits per heavy atom. The van der Waals surface area contributed by atoms with Crippen LogP contribution in [-0.2, 0) is 14.8 Å². The molecule has 0 aliphatic carbocycles. The highest BCUT2D eigenvalue weighted by atomic mass is 35.5. The standard InChI is InChI=1S/C18H15ClFN3O4S/c19-11-1-7-14(8-2-11)28(26,27)22-10-9-15-16(22)17(24)23(18(25)21-15)13-5-3-12(20)4-6-13/h1-8,15-16H,9-10H2,(H,21,25)/t15-,16+/m1/s1. The maximum Gasteiger partial charge on any atom is 0.329 e. The van der Waals surface area contributed by atoms with Crippen LogP contribution in [0.2, 0.25) is 5.02 Å². The molecular formula is C18H15ClFN3O4S. The molecule has 2 saturated heterocycles. The van der Waals surface area contributed by atoms with Gasteiger partial charge in [-0.25, -0.2) is 22.5 Å². The van der Waals surface area contributed by atoms with Gasteiger partial charge in [-0.05, 0) is 55.0 Å². The number of hydrogen-bond donors (Lipinski definition) is 1. The van der Waals surface area contributed by atoms with Crippen molar-refractivity contribution in [1.82, 2.24) is 9.62 Å². The van der Waals surface area contributed by atoms with E-state index in [9.17, 15) is 22.4 Å². The molecule has 28 heavy (non-hydrogen) atoms. The van der Waals surface area contributed by atoms with E-state index in [1.165, 1.54) is 36.4 Å². The number of fused-ring (bicyclic) bond motifs is 1. The Labute approximate surface area is 165 Å². The summed E-state index contributed by atoms with van der Waals surface area (Å²) in [6.07, 6.45) is 0.312. The maximum atomic E-state index is 13.2. The van der Waals surface area contributed by atoms with Crippen molar-refractivity contribution < 1.29 is 22.4 Å². The third kappa shape index (κ3) is 3.05. The lowest BCUT2D eigenvalue weighted by Crippen LogP contribution is -2.64. The monoisotopic (exact) mass is 423 g/mol. The second-order valence-corrected chi connectivity index (χ2v) is 8.84. The molecule has 1 N–H and O–H groups in total. The summed E-state index contributed by atoms with van der Waals surface area (Å²) in [5, 5.41) is 3.07. The molecule has 7 nitrogen and oxygen atoms in total. The van der Waals surface area contributed by atoms with Crippen molar-refractivity contribution in [2.75, 3.05) is 11.4 Å². The molecular weight excluding hydrogens is 409 g/mol. The van der Waals surface area contributed by atoms with E-state index in [-0.39, 0.29) is 17.1 Å². The highest BCUT2D eigenvalue weighted by molar-refractivity contribution is 7.89. The van der Waals surface area contributed by atoms with Gasteiger partial charge in [0, 0.05) is 11.6 Å². The van der Waals surface area contributed by atoms with Crippen molar-refractivity contribution >= 4 is 39.2 Å². The number of benzene rings is 2. The lowest BCUT2D eigenvalue weighted by atomic mass is 10.1. The van der Waals surface area contributed by atoms with Gasteiger partial charge in [0.1, 0.15) is 11.9 Å². The van der Waals surface area contributed by atoms with Crippen LogP contribution in [0.25, 0.3) is 0 Å². The van der Waals surface area contributed by atoms with Crippen molar-refractivity contribution in [2.24, 2.45) is 0 Å². The number of nitrogens with one attached hydrogen (secondary N) is 1. The molecule has 2 heterocycles. The highest BCUT2D eigenvalue weighted by Gasteiger charge is 2.52. The number of halogens is 2. The first kappa shape index (κ1) is 18.9. The number of sulfonamides is 1. The molecule has 0 aromatic heterocycles. The average molecular weight is 424 g/mol. The molecule has 146 valence electrons. The van der Waals surface area contributed by atoms with Crippen molar-refractivity contribution in [2.45, 2.75) is 23.4 Å². The molecule has 2 aliphatic rings. The number of nitrogens with zero attached hydrogens (tertiary/aromatic N) is 2. The van der Waals surface area contributed by atoms with Crippen LogP contribution in [-0.4, -0.2) is 43.3 Å². The number of imide groups is 1. The molecule has 2 aliphatic heterocycles. The molecule has 0 saturated carbocycles. The zero-order valence-corrected chi connectivity index (χ0v) is 16.0. The lowest BCUT2D eigenvalue weighted by Gasteiger charge is -2.36. The Hall–Kier alpha value is -2.49. The van der Waals surface area contributed by atoms with Crippen LogP contribution in [0.3, 0.4) is 0 Å². The summed E-state index contributed by atoms with van der Waals surface area (Å²) in [6.45, 7) is 0.0869. The predicted octanol–water partition coefficient (Wildman–Crippen LogP) is 2.37. The number of hydrogen-bond acceptors (Lipinski definition) is 4. The number of rotatable bonds is 3. The minimum absolute atomic E-state index is 0.00980. The molecule has 0 unspecified atom stereocenters. The number of carbonyl (C=O) groups excluding carboxylic acids is 2. The molecule has 2 aromatic rings. The Morgan fingerprint density at radius 2 is 1.68 bits per heavy atom. The zero-order valence-electron chi connectivity index (χ0n) is 14.4. The first-order chi connectivity index (χ1) is 13.3. The van der Waals surface area contributed by atoms with Crippen molar-refractivity contribution in [1.29, 1.82) is 0 Å². The van der Waals surface area contributed by atoms with Gasteiger partial charge < -0.3 is 5.32 Å². The van der Waals surface area contributed by atoms with E-state index in [2.05, 4.69) is 5.32 Å². The van der Waals surface area contributed by atoms with E-state index < -0.39 is 39.9 Å². The molecule has 10 heteroatoms. The first-order valence-electron chi connectivity index (χ1n) is 8.46. The van der Waals surface area contributed by atoms with Crippen LogP contribution in [0.1, 0.15) is 6.42 Å². The predicted molar refractivity (Wildman–Crippen MR) is 100.0 cm³/mol. The smallest absolute Gasteiger partial charge is 0.329 e. The van der Waals surface area contributed by atoms with E-state index in [1.54, 1.807) is 0 Å². The van der Waals surface area contributed by atoms with E-state index in [1.807, 2.05) is 0 Å². The zero-order chi connectivity index (χ0) is 20.1. The fraction of sp³-hybridized carbons (Fsp3) is 0.222. The highest BCUT2D eigenvalue weighted by Crippen LogP contribution is 2.32. The Kier molecular flexibility index (Phi) is 4.60. The van der Waals surface area contributed by atoms with Crippen molar-refractivity contribution in [3.05, 3.63) is 59.4 Å². The summed E-state index contributed by atoms with van der Waals surface area (Å²) >= 11 is 5.83. The van der Waals surface area contributed by atoms with E-state index in [0.717, 1.165) is 21.3 Å². The average Bonchev–Trinajstić information content (AvgIpc) is 3.08. The van der Waals surface area contributed by atoms with Gasteiger partial charge in [-0.3, -0.25) is 4.79 Å². The Balaban J connectivity index is 1.70. The number of anilines is 1. The third-order valence-electron chi connectivity index (χ3n) is 4.84. The van der Waals surface area contributed by atoms with E-state index in [4.69, 9.17) is 11.6 Å². The van der Waals surface area contributed by atoms with Gasteiger partial charge in [0.05, 0.1) is 16.6 Å². The Morgan fingerprint density at radius 1 is 1.04 bits per heavy atom. The van der Waals surface area contributed by atoms with Gasteiger partial charge in [0.15, 0.2) is 0 Å². The van der Waals surface area contributed by atoms with Gasteiger partial charge in [-0.1, -0.05) is 11.6 Å². The molecule has 4 rings (SSSR count). The summed E-state index contributed by atoms with van der Waals surface area (Å²) in [4.78, 5) is 26.4. The van der Waals surface area contributed by atoms with E-state index in [0.29, 0.717) is 11.4 Å². The van der Waals surface area contributed by atoms with Crippen molar-refractivity contribution in [3.63, 3.8) is 0 Å². The minimum Gasteiger partial charge on any atom is -0.332 e. The van der Waals surface area contributed by atoms with Crippen LogP contribution in [0.5, 0.6) is 0 Å². The minimum atomic E-state index is -3.97. The Bertz CT molecular complexity index is 1040.